The van der Waals surface area contributed by atoms with Crippen LogP contribution in [-0.4, -0.2) is 109 Å². The summed E-state index contributed by atoms with van der Waals surface area (Å²) in [7, 11) is 0. The lowest BCUT2D eigenvalue weighted by Crippen LogP contribution is -2.37. The van der Waals surface area contributed by atoms with Crippen LogP contribution in [0.2, 0.25) is 0 Å². The van der Waals surface area contributed by atoms with E-state index in [0.29, 0.717) is 12.5 Å². The topological polar surface area (TPSA) is 182 Å². The second-order valence-electron chi connectivity index (χ2n) is 8.94. The molecule has 1 saturated heterocycles. The molecule has 4 rings (SSSR count). The standard InChI is InChI=1S/C17H24N6O.3C2HF3O2/c1-2-8-22(7-1)10-11-23-9-4-16-14(13-23)15(21-24-16)12-20-17-18-5-3-6-19-17;3*3-2(4,5)1(6)7/h3,5-6H,1-2,4,7-13H2,(H,18,19,20);3*(H,6,7). The summed E-state index contributed by atoms with van der Waals surface area (Å²) in [5, 5.41) is 28.8. The Morgan fingerprint density at radius 3 is 1.67 bits per heavy atom. The first kappa shape index (κ1) is 38.8. The Bertz CT molecular complexity index is 1160. The van der Waals surface area contributed by atoms with Crippen LogP contribution in [-0.2, 0) is 33.9 Å². The number of nitrogens with one attached hydrogen (secondary N) is 1. The summed E-state index contributed by atoms with van der Waals surface area (Å²) in [6.45, 7) is 7.41. The summed E-state index contributed by atoms with van der Waals surface area (Å²) in [6, 6.07) is 1.81. The Labute approximate surface area is 247 Å². The van der Waals surface area contributed by atoms with Gasteiger partial charge < -0.3 is 30.1 Å². The minimum Gasteiger partial charge on any atom is -0.475 e. The molecule has 1 fully saturated rings. The van der Waals surface area contributed by atoms with Crippen molar-refractivity contribution in [3.8, 4) is 0 Å². The normalized spacial score (nSPS) is 15.2. The molecule has 0 unspecified atom stereocenters. The highest BCUT2D eigenvalue weighted by Crippen LogP contribution is 2.23. The summed E-state index contributed by atoms with van der Waals surface area (Å²) in [6.07, 6.45) is -8.13. The number of aromatic nitrogens is 3. The van der Waals surface area contributed by atoms with E-state index in [1.54, 1.807) is 18.5 Å². The minimum atomic E-state index is -5.08. The van der Waals surface area contributed by atoms with Crippen molar-refractivity contribution in [2.24, 2.45) is 0 Å². The van der Waals surface area contributed by atoms with Crippen molar-refractivity contribution >= 4 is 23.9 Å². The van der Waals surface area contributed by atoms with E-state index in [1.165, 1.54) is 38.0 Å². The second kappa shape index (κ2) is 17.3. The molecule has 2 aliphatic heterocycles. The smallest absolute Gasteiger partial charge is 0.475 e. The maximum Gasteiger partial charge on any atom is 0.490 e. The molecule has 0 spiro atoms. The minimum absolute atomic E-state index is 0.600. The molecule has 4 N–H and O–H groups in total. The molecule has 2 aromatic heterocycles. The quantitative estimate of drug-likeness (QED) is 0.329. The average molecular weight is 670 g/mol. The summed E-state index contributed by atoms with van der Waals surface area (Å²) >= 11 is 0. The summed E-state index contributed by atoms with van der Waals surface area (Å²) in [4.78, 5) is 40.1. The SMILES string of the molecule is O=C(O)C(F)(F)F.O=C(O)C(F)(F)F.O=C(O)C(F)(F)F.c1cnc(NCc2noc3c2CN(CCN2CCCC2)CC3)nc1. The lowest BCUT2D eigenvalue weighted by molar-refractivity contribution is -0.193. The Morgan fingerprint density at radius 2 is 1.22 bits per heavy atom. The molecule has 254 valence electrons. The van der Waals surface area contributed by atoms with E-state index in [0.717, 1.165) is 37.5 Å². The number of hydrogen-bond acceptors (Lipinski definition) is 10. The average Bonchev–Trinajstić information content (AvgIpc) is 3.60. The molecule has 45 heavy (non-hydrogen) atoms. The van der Waals surface area contributed by atoms with Gasteiger partial charge in [0.25, 0.3) is 0 Å². The van der Waals surface area contributed by atoms with E-state index in [4.69, 9.17) is 34.2 Å². The van der Waals surface area contributed by atoms with E-state index in [-0.39, 0.29) is 0 Å². The van der Waals surface area contributed by atoms with Gasteiger partial charge in [0.15, 0.2) is 0 Å². The van der Waals surface area contributed by atoms with Crippen LogP contribution < -0.4 is 5.32 Å². The van der Waals surface area contributed by atoms with E-state index in [2.05, 4.69) is 30.2 Å². The first-order valence-corrected chi connectivity index (χ1v) is 12.5. The predicted molar refractivity (Wildman–Crippen MR) is 132 cm³/mol. The molecule has 0 aromatic carbocycles. The van der Waals surface area contributed by atoms with Crippen molar-refractivity contribution in [2.75, 3.05) is 38.0 Å². The number of aliphatic carboxylic acids is 3. The highest BCUT2D eigenvalue weighted by Gasteiger charge is 2.39. The van der Waals surface area contributed by atoms with Crippen molar-refractivity contribution in [1.29, 1.82) is 0 Å². The number of rotatable bonds is 6. The van der Waals surface area contributed by atoms with Gasteiger partial charge in [0.1, 0.15) is 11.5 Å². The van der Waals surface area contributed by atoms with Crippen molar-refractivity contribution in [1.82, 2.24) is 24.9 Å². The molecule has 2 aromatic rings. The van der Waals surface area contributed by atoms with Crippen LogP contribution in [0.4, 0.5) is 45.5 Å². The highest BCUT2D eigenvalue weighted by atomic mass is 19.4. The molecule has 13 nitrogen and oxygen atoms in total. The lowest BCUT2D eigenvalue weighted by atomic mass is 10.1. The number of alkyl halides is 9. The van der Waals surface area contributed by atoms with Gasteiger partial charge in [0, 0.05) is 50.6 Å². The fourth-order valence-corrected chi connectivity index (χ4v) is 3.49. The zero-order valence-electron chi connectivity index (χ0n) is 22.9. The number of carbonyl (C=O) groups is 3. The van der Waals surface area contributed by atoms with Crippen molar-refractivity contribution in [3.63, 3.8) is 0 Å². The number of halogens is 9. The zero-order chi connectivity index (χ0) is 34.4. The van der Waals surface area contributed by atoms with Crippen LogP contribution in [0.1, 0.15) is 29.9 Å². The number of likely N-dealkylation sites (tertiary alicyclic amines) is 1. The summed E-state index contributed by atoms with van der Waals surface area (Å²) in [5.74, 6) is -6.61. The van der Waals surface area contributed by atoms with Crippen molar-refractivity contribution in [2.45, 2.75) is 50.9 Å². The van der Waals surface area contributed by atoms with Gasteiger partial charge in [0.05, 0.1) is 6.54 Å². The largest absolute Gasteiger partial charge is 0.490 e. The van der Waals surface area contributed by atoms with Crippen molar-refractivity contribution < 1.29 is 73.7 Å². The van der Waals surface area contributed by atoms with Gasteiger partial charge in [0.2, 0.25) is 5.95 Å². The van der Waals surface area contributed by atoms with Crippen LogP contribution in [0.3, 0.4) is 0 Å². The Morgan fingerprint density at radius 1 is 0.778 bits per heavy atom. The van der Waals surface area contributed by atoms with E-state index >= 15 is 0 Å². The van der Waals surface area contributed by atoms with Crippen LogP contribution >= 0.6 is 0 Å². The number of fused-ring (bicyclic) bond motifs is 1. The Balaban J connectivity index is 0.000000396. The van der Waals surface area contributed by atoms with Gasteiger partial charge in [-0.15, -0.1) is 0 Å². The third-order valence-corrected chi connectivity index (χ3v) is 5.63. The Kier molecular flexibility index (Phi) is 14.9. The molecule has 22 heteroatoms. The number of nitrogens with zero attached hydrogens (tertiary/aromatic N) is 5. The van der Waals surface area contributed by atoms with E-state index in [1.807, 2.05) is 0 Å². The fourth-order valence-electron chi connectivity index (χ4n) is 3.49. The maximum absolute atomic E-state index is 10.6. The van der Waals surface area contributed by atoms with Gasteiger partial charge in [-0.1, -0.05) is 5.16 Å². The number of carboxylic acids is 3. The van der Waals surface area contributed by atoms with Crippen molar-refractivity contribution in [3.05, 3.63) is 35.5 Å². The first-order chi connectivity index (χ1) is 20.7. The molecule has 4 heterocycles. The third kappa shape index (κ3) is 15.4. The molecule has 0 aliphatic carbocycles. The molecule has 0 bridgehead atoms. The number of anilines is 1. The van der Waals surface area contributed by atoms with Crippen LogP contribution in [0.15, 0.2) is 23.0 Å². The van der Waals surface area contributed by atoms with Crippen LogP contribution in [0, 0.1) is 0 Å². The zero-order valence-corrected chi connectivity index (χ0v) is 22.9. The predicted octanol–water partition coefficient (Wildman–Crippen LogP) is 3.43. The van der Waals surface area contributed by atoms with Crippen LogP contribution in [0.25, 0.3) is 0 Å². The van der Waals surface area contributed by atoms with E-state index < -0.39 is 36.4 Å². The monoisotopic (exact) mass is 670 g/mol. The maximum atomic E-state index is 10.6. The number of carboxylic acid groups (broad SMARTS) is 3. The first-order valence-electron chi connectivity index (χ1n) is 12.5. The molecule has 0 saturated carbocycles. The number of hydrogen-bond donors (Lipinski definition) is 4. The molecule has 0 radical (unpaired) electrons. The molecular weight excluding hydrogens is 643 g/mol. The van der Waals surface area contributed by atoms with Gasteiger partial charge >= 0.3 is 36.4 Å². The fraction of sp³-hybridized carbons (Fsp3) is 0.565. The van der Waals surface area contributed by atoms with Gasteiger partial charge in [-0.25, -0.2) is 24.4 Å². The van der Waals surface area contributed by atoms with Gasteiger partial charge in [-0.2, -0.15) is 39.5 Å². The Hall–Kier alpha value is -4.21. The van der Waals surface area contributed by atoms with Gasteiger partial charge in [-0.05, 0) is 32.0 Å². The molecule has 2 aliphatic rings. The summed E-state index contributed by atoms with van der Waals surface area (Å²) < 4.78 is 101. The second-order valence-corrected chi connectivity index (χ2v) is 8.94. The van der Waals surface area contributed by atoms with Gasteiger partial charge in [-0.3, -0.25) is 4.90 Å². The molecule has 0 atom stereocenters. The molecule has 0 amide bonds. The highest BCUT2D eigenvalue weighted by molar-refractivity contribution is 5.73. The lowest BCUT2D eigenvalue weighted by Gasteiger charge is -2.28. The summed E-state index contributed by atoms with van der Waals surface area (Å²) in [5.41, 5.74) is 2.22. The van der Waals surface area contributed by atoms with Crippen LogP contribution in [0.5, 0.6) is 0 Å². The molecular formula is C23H27F9N6O7. The third-order valence-electron chi connectivity index (χ3n) is 5.63. The van der Waals surface area contributed by atoms with E-state index in [9.17, 15) is 39.5 Å².